The van der Waals surface area contributed by atoms with Crippen LogP contribution >= 0.6 is 0 Å². The molecule has 25 heavy (non-hydrogen) atoms. The molecule has 0 radical (unpaired) electrons. The van der Waals surface area contributed by atoms with Crippen molar-refractivity contribution in [3.8, 4) is 0 Å². The van der Waals surface area contributed by atoms with Gasteiger partial charge in [0, 0.05) is 18.7 Å². The fraction of sp³-hybridized carbons (Fsp3) is 0.471. The summed E-state index contributed by atoms with van der Waals surface area (Å²) in [4.78, 5) is 12.1. The monoisotopic (exact) mass is 349 g/mol. The third kappa shape index (κ3) is 4.19. The Balaban J connectivity index is 1.59. The van der Waals surface area contributed by atoms with Crippen molar-refractivity contribution >= 4 is 5.91 Å². The number of aromatic nitrogens is 3. The lowest BCUT2D eigenvalue weighted by Crippen LogP contribution is -2.32. The van der Waals surface area contributed by atoms with Crippen LogP contribution in [0.15, 0.2) is 18.3 Å². The van der Waals surface area contributed by atoms with Gasteiger partial charge in [-0.1, -0.05) is 11.3 Å². The summed E-state index contributed by atoms with van der Waals surface area (Å²) in [6, 6.07) is 2.55. The SMILES string of the molecule is Cc1ccc(F)c(CNC(=O)c2cn(CC3CCCNC3)nn2)c1F. The van der Waals surface area contributed by atoms with Crippen LogP contribution < -0.4 is 10.6 Å². The minimum absolute atomic E-state index is 0.136. The lowest BCUT2D eigenvalue weighted by Gasteiger charge is -2.22. The Labute approximate surface area is 144 Å². The molecule has 0 aliphatic carbocycles. The number of carbonyl (C=O) groups is 1. The lowest BCUT2D eigenvalue weighted by atomic mass is 10.00. The summed E-state index contributed by atoms with van der Waals surface area (Å²) in [7, 11) is 0. The van der Waals surface area contributed by atoms with Gasteiger partial charge in [0.1, 0.15) is 11.6 Å². The molecule has 1 fully saturated rings. The van der Waals surface area contributed by atoms with E-state index in [0.717, 1.165) is 25.9 Å². The number of benzene rings is 1. The van der Waals surface area contributed by atoms with Gasteiger partial charge in [-0.2, -0.15) is 0 Å². The first kappa shape index (κ1) is 17.5. The van der Waals surface area contributed by atoms with Crippen molar-refractivity contribution in [2.24, 2.45) is 5.92 Å². The van der Waals surface area contributed by atoms with Gasteiger partial charge in [-0.25, -0.2) is 8.78 Å². The highest BCUT2D eigenvalue weighted by molar-refractivity contribution is 5.91. The minimum Gasteiger partial charge on any atom is -0.346 e. The van der Waals surface area contributed by atoms with Crippen LogP contribution in [-0.4, -0.2) is 34.0 Å². The number of hydrogen-bond donors (Lipinski definition) is 2. The smallest absolute Gasteiger partial charge is 0.273 e. The molecule has 0 spiro atoms. The number of carbonyl (C=O) groups excluding carboxylic acids is 1. The summed E-state index contributed by atoms with van der Waals surface area (Å²) in [5.74, 6) is -1.37. The maximum Gasteiger partial charge on any atom is 0.273 e. The zero-order valence-corrected chi connectivity index (χ0v) is 14.1. The van der Waals surface area contributed by atoms with Crippen LogP contribution in [0.25, 0.3) is 0 Å². The van der Waals surface area contributed by atoms with Crippen molar-refractivity contribution in [2.75, 3.05) is 13.1 Å². The lowest BCUT2D eigenvalue weighted by molar-refractivity contribution is 0.0945. The Kier molecular flexibility index (Phi) is 5.37. The molecule has 6 nitrogen and oxygen atoms in total. The molecule has 1 aliphatic heterocycles. The number of nitrogens with zero attached hydrogens (tertiary/aromatic N) is 3. The Bertz CT molecular complexity index is 755. The van der Waals surface area contributed by atoms with Gasteiger partial charge in [0.2, 0.25) is 0 Å². The van der Waals surface area contributed by atoms with E-state index in [2.05, 4.69) is 20.9 Å². The summed E-state index contributed by atoms with van der Waals surface area (Å²) in [6.45, 7) is 3.96. The molecule has 8 heteroatoms. The molecule has 3 rings (SSSR count). The van der Waals surface area contributed by atoms with Crippen LogP contribution in [0.3, 0.4) is 0 Å². The van der Waals surface area contributed by atoms with Crippen molar-refractivity contribution < 1.29 is 13.6 Å². The standard InChI is InChI=1S/C17H21F2N5O/c1-11-4-5-14(18)13(16(11)19)8-21-17(25)15-10-24(23-22-15)9-12-3-2-6-20-7-12/h4-5,10,12,20H,2-3,6-9H2,1H3,(H,21,25). The summed E-state index contributed by atoms with van der Waals surface area (Å²) in [5, 5.41) is 13.6. The van der Waals surface area contributed by atoms with E-state index in [4.69, 9.17) is 0 Å². The Morgan fingerprint density at radius 2 is 2.28 bits per heavy atom. The number of nitrogens with one attached hydrogen (secondary N) is 2. The number of rotatable bonds is 5. The van der Waals surface area contributed by atoms with Gasteiger partial charge in [0.15, 0.2) is 5.69 Å². The van der Waals surface area contributed by atoms with Gasteiger partial charge in [0.05, 0.1) is 6.20 Å². The molecule has 2 heterocycles. The molecule has 1 atom stereocenters. The second-order valence-electron chi connectivity index (χ2n) is 6.38. The molecular weight excluding hydrogens is 328 g/mol. The van der Waals surface area contributed by atoms with Crippen LogP contribution in [0.2, 0.25) is 0 Å². The quantitative estimate of drug-likeness (QED) is 0.863. The summed E-state index contributed by atoms with van der Waals surface area (Å²) in [6.07, 6.45) is 3.80. The van der Waals surface area contributed by atoms with E-state index in [-0.39, 0.29) is 17.8 Å². The van der Waals surface area contributed by atoms with Crippen molar-refractivity contribution in [1.29, 1.82) is 0 Å². The predicted molar refractivity (Wildman–Crippen MR) is 87.9 cm³/mol. The van der Waals surface area contributed by atoms with Crippen molar-refractivity contribution in [1.82, 2.24) is 25.6 Å². The average molecular weight is 349 g/mol. The summed E-state index contributed by atoms with van der Waals surface area (Å²) < 4.78 is 29.3. The first-order valence-electron chi connectivity index (χ1n) is 8.37. The van der Waals surface area contributed by atoms with E-state index in [1.165, 1.54) is 12.1 Å². The van der Waals surface area contributed by atoms with E-state index in [0.29, 0.717) is 18.0 Å². The second-order valence-corrected chi connectivity index (χ2v) is 6.38. The van der Waals surface area contributed by atoms with Crippen molar-refractivity contribution in [3.63, 3.8) is 0 Å². The molecule has 2 N–H and O–H groups in total. The normalized spacial score (nSPS) is 17.5. The molecule has 1 unspecified atom stereocenters. The first-order valence-corrected chi connectivity index (χ1v) is 8.37. The Morgan fingerprint density at radius 3 is 3.04 bits per heavy atom. The zero-order chi connectivity index (χ0) is 17.8. The van der Waals surface area contributed by atoms with Gasteiger partial charge in [-0.3, -0.25) is 9.48 Å². The molecular formula is C17H21F2N5O. The van der Waals surface area contributed by atoms with Gasteiger partial charge < -0.3 is 10.6 Å². The van der Waals surface area contributed by atoms with Crippen LogP contribution in [0.4, 0.5) is 8.78 Å². The van der Waals surface area contributed by atoms with Crippen molar-refractivity contribution in [3.05, 3.63) is 46.8 Å². The van der Waals surface area contributed by atoms with Crippen LogP contribution in [0.1, 0.15) is 34.5 Å². The van der Waals surface area contributed by atoms with E-state index >= 15 is 0 Å². The highest BCUT2D eigenvalue weighted by Gasteiger charge is 2.17. The second kappa shape index (κ2) is 7.69. The number of hydrogen-bond acceptors (Lipinski definition) is 4. The maximum absolute atomic E-state index is 14.0. The predicted octanol–water partition coefficient (Wildman–Crippen LogP) is 1.79. The van der Waals surface area contributed by atoms with Crippen LogP contribution in [0, 0.1) is 24.5 Å². The highest BCUT2D eigenvalue weighted by Crippen LogP contribution is 2.16. The first-order chi connectivity index (χ1) is 12.0. The van der Waals surface area contributed by atoms with E-state index < -0.39 is 17.5 Å². The van der Waals surface area contributed by atoms with Crippen molar-refractivity contribution in [2.45, 2.75) is 32.9 Å². The van der Waals surface area contributed by atoms with Gasteiger partial charge in [-0.05, 0) is 50.4 Å². The molecule has 1 aliphatic rings. The number of aryl methyl sites for hydroxylation is 1. The van der Waals surface area contributed by atoms with Crippen LogP contribution in [-0.2, 0) is 13.1 Å². The summed E-state index contributed by atoms with van der Waals surface area (Å²) in [5.41, 5.74) is 0.309. The Morgan fingerprint density at radius 1 is 1.44 bits per heavy atom. The topological polar surface area (TPSA) is 71.8 Å². The maximum atomic E-state index is 14.0. The van der Waals surface area contributed by atoms with E-state index in [1.54, 1.807) is 17.8 Å². The molecule has 1 amide bonds. The molecule has 1 saturated heterocycles. The molecule has 2 aromatic rings. The van der Waals surface area contributed by atoms with Gasteiger partial charge in [-0.15, -0.1) is 5.10 Å². The number of halogens is 2. The van der Waals surface area contributed by atoms with Crippen LogP contribution in [0.5, 0.6) is 0 Å². The Hall–Kier alpha value is -2.35. The largest absolute Gasteiger partial charge is 0.346 e. The third-order valence-electron chi connectivity index (χ3n) is 4.42. The van der Waals surface area contributed by atoms with Gasteiger partial charge >= 0.3 is 0 Å². The fourth-order valence-electron chi connectivity index (χ4n) is 2.97. The zero-order valence-electron chi connectivity index (χ0n) is 14.1. The molecule has 0 saturated carbocycles. The molecule has 134 valence electrons. The molecule has 1 aromatic heterocycles. The number of amides is 1. The van der Waals surface area contributed by atoms with E-state index in [9.17, 15) is 13.6 Å². The average Bonchev–Trinajstić information content (AvgIpc) is 3.07. The molecule has 1 aromatic carbocycles. The summed E-state index contributed by atoms with van der Waals surface area (Å²) >= 11 is 0. The molecule has 0 bridgehead atoms. The number of piperidine rings is 1. The minimum atomic E-state index is -0.683. The highest BCUT2D eigenvalue weighted by atomic mass is 19.1. The van der Waals surface area contributed by atoms with Gasteiger partial charge in [0.25, 0.3) is 5.91 Å². The van der Waals surface area contributed by atoms with E-state index in [1.807, 2.05) is 0 Å². The fourth-order valence-corrected chi connectivity index (χ4v) is 2.97. The third-order valence-corrected chi connectivity index (χ3v) is 4.42.